The molecule has 0 unspecified atom stereocenters. The van der Waals surface area contributed by atoms with Crippen LogP contribution in [0.2, 0.25) is 5.02 Å². The topological polar surface area (TPSA) is 50.2 Å². The summed E-state index contributed by atoms with van der Waals surface area (Å²) in [5, 5.41) is 10.3. The van der Waals surface area contributed by atoms with Gasteiger partial charge in [-0.25, -0.2) is 0 Å². The van der Waals surface area contributed by atoms with Crippen LogP contribution in [0.1, 0.15) is 11.8 Å². The van der Waals surface area contributed by atoms with Crippen molar-refractivity contribution in [2.45, 2.75) is 6.92 Å². The highest BCUT2D eigenvalue weighted by atomic mass is 35.5. The zero-order valence-corrected chi connectivity index (χ0v) is 9.97. The number of rotatable bonds is 2. The van der Waals surface area contributed by atoms with Crippen LogP contribution in [0.5, 0.6) is 0 Å². The van der Waals surface area contributed by atoms with Crippen LogP contribution in [-0.4, -0.2) is 15.9 Å². The Morgan fingerprint density at radius 2 is 2.38 bits per heavy atom. The van der Waals surface area contributed by atoms with Crippen molar-refractivity contribution in [3.8, 4) is 0 Å². The fourth-order valence-electron chi connectivity index (χ4n) is 1.30. The molecule has 5 heteroatoms. The highest BCUT2D eigenvalue weighted by Gasteiger charge is 2.09. The normalized spacial score (nSPS) is 12.0. The number of hydrogen-bond donors (Lipinski definition) is 1. The Kier molecular flexibility index (Phi) is 2.94. The van der Waals surface area contributed by atoms with Gasteiger partial charge in [-0.1, -0.05) is 11.6 Å². The largest absolute Gasteiger partial charge is 0.506 e. The van der Waals surface area contributed by atoms with Crippen molar-refractivity contribution in [1.29, 1.82) is 0 Å². The van der Waals surface area contributed by atoms with Gasteiger partial charge in [0.2, 0.25) is 0 Å². The summed E-state index contributed by atoms with van der Waals surface area (Å²) in [6, 6.07) is 3.40. The monoisotopic (exact) mass is 253 g/mol. The number of aromatic nitrogens is 1. The van der Waals surface area contributed by atoms with Gasteiger partial charge in [0.15, 0.2) is 5.78 Å². The number of aliphatic hydroxyl groups excluding tert-OH is 1. The first-order valence-electron chi connectivity index (χ1n) is 4.53. The Morgan fingerprint density at radius 3 is 3.00 bits per heavy atom. The highest BCUT2D eigenvalue weighted by molar-refractivity contribution is 7.20. The Labute approximate surface area is 101 Å². The van der Waals surface area contributed by atoms with Gasteiger partial charge in [0.05, 0.1) is 20.1 Å². The molecule has 0 aliphatic rings. The van der Waals surface area contributed by atoms with E-state index in [9.17, 15) is 9.90 Å². The predicted molar refractivity (Wildman–Crippen MR) is 65.9 cm³/mol. The Morgan fingerprint density at radius 1 is 1.62 bits per heavy atom. The van der Waals surface area contributed by atoms with E-state index in [1.54, 1.807) is 18.3 Å². The van der Waals surface area contributed by atoms with E-state index in [1.165, 1.54) is 24.3 Å². The number of ketones is 1. The van der Waals surface area contributed by atoms with E-state index in [1.807, 2.05) is 0 Å². The fraction of sp³-hybridized carbons (Fsp3) is 0.0909. The minimum Gasteiger partial charge on any atom is -0.506 e. The molecule has 2 heterocycles. The van der Waals surface area contributed by atoms with Gasteiger partial charge >= 0.3 is 0 Å². The third-order valence-corrected chi connectivity index (χ3v) is 3.56. The summed E-state index contributed by atoms with van der Waals surface area (Å²) in [6.45, 7) is 1.38. The molecule has 1 N–H and O–H groups in total. The molecule has 0 aliphatic carbocycles. The molecule has 3 nitrogen and oxygen atoms in total. The fourth-order valence-corrected chi connectivity index (χ4v) is 2.50. The van der Waals surface area contributed by atoms with E-state index in [4.69, 9.17) is 11.6 Å². The standard InChI is InChI=1S/C11H8ClNO2S/c1-6(14)4-9(15)10-5-8-11(16-10)7(12)2-3-13-8/h2-5,15H,1H3/b9-4-. The second kappa shape index (κ2) is 4.23. The number of hydrogen-bond acceptors (Lipinski definition) is 4. The van der Waals surface area contributed by atoms with Crippen LogP contribution in [-0.2, 0) is 4.79 Å². The molecule has 0 aliphatic heterocycles. The minimum atomic E-state index is -0.200. The third-order valence-electron chi connectivity index (χ3n) is 1.96. The minimum absolute atomic E-state index is 0.0495. The summed E-state index contributed by atoms with van der Waals surface area (Å²) >= 11 is 7.29. The van der Waals surface area contributed by atoms with E-state index in [0.717, 1.165) is 10.2 Å². The SMILES string of the molecule is CC(=O)/C=C(\O)c1cc2nccc(Cl)c2s1. The number of thiophene rings is 1. The zero-order valence-electron chi connectivity index (χ0n) is 8.40. The average Bonchev–Trinajstić information content (AvgIpc) is 2.61. The maximum atomic E-state index is 10.8. The molecule has 0 amide bonds. The summed E-state index contributed by atoms with van der Waals surface area (Å²) in [6.07, 6.45) is 2.78. The number of fused-ring (bicyclic) bond motifs is 1. The van der Waals surface area contributed by atoms with Gasteiger partial charge in [-0.2, -0.15) is 0 Å². The molecule has 0 bridgehead atoms. The summed E-state index contributed by atoms with van der Waals surface area (Å²) in [4.78, 5) is 15.6. The lowest BCUT2D eigenvalue weighted by Gasteiger charge is -1.91. The van der Waals surface area contributed by atoms with Crippen LogP contribution >= 0.6 is 22.9 Å². The zero-order chi connectivity index (χ0) is 11.7. The molecule has 82 valence electrons. The van der Waals surface area contributed by atoms with Gasteiger partial charge in [0, 0.05) is 12.3 Å². The molecule has 2 rings (SSSR count). The molecular weight excluding hydrogens is 246 g/mol. The van der Waals surface area contributed by atoms with Crippen molar-refractivity contribution in [2.75, 3.05) is 0 Å². The van der Waals surface area contributed by atoms with E-state index >= 15 is 0 Å². The van der Waals surface area contributed by atoms with Crippen LogP contribution < -0.4 is 0 Å². The smallest absolute Gasteiger partial charge is 0.156 e. The molecule has 0 aromatic carbocycles. The van der Waals surface area contributed by atoms with Crippen LogP contribution in [0.3, 0.4) is 0 Å². The van der Waals surface area contributed by atoms with Crippen molar-refractivity contribution in [3.63, 3.8) is 0 Å². The molecule has 2 aromatic heterocycles. The number of halogens is 1. The molecule has 0 atom stereocenters. The van der Waals surface area contributed by atoms with Crippen LogP contribution in [0.25, 0.3) is 16.0 Å². The highest BCUT2D eigenvalue weighted by Crippen LogP contribution is 2.32. The molecule has 16 heavy (non-hydrogen) atoms. The first kappa shape index (κ1) is 11.1. The van der Waals surface area contributed by atoms with Crippen molar-refractivity contribution in [3.05, 3.63) is 34.3 Å². The molecule has 0 saturated carbocycles. The van der Waals surface area contributed by atoms with Crippen molar-refractivity contribution in [2.24, 2.45) is 0 Å². The maximum absolute atomic E-state index is 10.8. The number of carbonyl (C=O) groups is 1. The van der Waals surface area contributed by atoms with E-state index < -0.39 is 0 Å². The van der Waals surface area contributed by atoms with Crippen LogP contribution in [0, 0.1) is 0 Å². The Bertz CT molecular complexity index is 589. The number of carbonyl (C=O) groups excluding carboxylic acids is 1. The lowest BCUT2D eigenvalue weighted by molar-refractivity contribution is -0.112. The van der Waals surface area contributed by atoms with Gasteiger partial charge in [-0.3, -0.25) is 9.78 Å². The van der Waals surface area contributed by atoms with E-state index in [0.29, 0.717) is 9.90 Å². The molecular formula is C11H8ClNO2S. The Balaban J connectivity index is 2.56. The van der Waals surface area contributed by atoms with Gasteiger partial charge in [-0.05, 0) is 19.1 Å². The number of allylic oxidation sites excluding steroid dienone is 1. The van der Waals surface area contributed by atoms with Crippen molar-refractivity contribution < 1.29 is 9.90 Å². The number of pyridine rings is 1. The molecule has 0 saturated heterocycles. The number of aliphatic hydroxyl groups is 1. The first-order valence-corrected chi connectivity index (χ1v) is 5.73. The molecule has 0 fully saturated rings. The van der Waals surface area contributed by atoms with Crippen LogP contribution in [0.4, 0.5) is 0 Å². The van der Waals surface area contributed by atoms with E-state index in [-0.39, 0.29) is 11.5 Å². The maximum Gasteiger partial charge on any atom is 0.156 e. The second-order valence-corrected chi connectivity index (χ2v) is 4.72. The van der Waals surface area contributed by atoms with Crippen molar-refractivity contribution >= 4 is 44.7 Å². The summed E-state index contributed by atoms with van der Waals surface area (Å²) in [7, 11) is 0. The lowest BCUT2D eigenvalue weighted by atomic mass is 10.3. The van der Waals surface area contributed by atoms with E-state index in [2.05, 4.69) is 4.98 Å². The van der Waals surface area contributed by atoms with Crippen LogP contribution in [0.15, 0.2) is 24.4 Å². The lowest BCUT2D eigenvalue weighted by Crippen LogP contribution is -1.85. The predicted octanol–water partition coefficient (Wildman–Crippen LogP) is 3.44. The van der Waals surface area contributed by atoms with Gasteiger partial charge in [-0.15, -0.1) is 11.3 Å². The second-order valence-electron chi connectivity index (χ2n) is 3.26. The third kappa shape index (κ3) is 2.08. The quantitative estimate of drug-likeness (QED) is 0.659. The van der Waals surface area contributed by atoms with Gasteiger partial charge in [0.1, 0.15) is 5.76 Å². The van der Waals surface area contributed by atoms with Crippen molar-refractivity contribution in [1.82, 2.24) is 4.98 Å². The summed E-state index contributed by atoms with van der Waals surface area (Å²) < 4.78 is 0.808. The molecule has 0 radical (unpaired) electrons. The summed E-state index contributed by atoms with van der Waals surface area (Å²) in [5.41, 5.74) is 0.719. The summed E-state index contributed by atoms with van der Waals surface area (Å²) in [5.74, 6) is -0.249. The first-order chi connectivity index (χ1) is 7.58. The number of nitrogens with zero attached hydrogens (tertiary/aromatic N) is 1. The average molecular weight is 254 g/mol. The molecule has 0 spiro atoms. The Hall–Kier alpha value is -1.39. The van der Waals surface area contributed by atoms with Gasteiger partial charge in [0.25, 0.3) is 0 Å². The molecule has 2 aromatic rings. The van der Waals surface area contributed by atoms with Gasteiger partial charge < -0.3 is 5.11 Å².